The maximum Gasteiger partial charge on any atom is 0.146 e. The van der Waals surface area contributed by atoms with Crippen LogP contribution in [-0.2, 0) is 0 Å². The lowest BCUT2D eigenvalue weighted by Gasteiger charge is -2.32. The molecule has 114 valence electrons. The van der Waals surface area contributed by atoms with E-state index in [-0.39, 0.29) is 11.9 Å². The minimum atomic E-state index is -0.116. The number of hydrogen-bond donors (Lipinski definition) is 1. The Balaban J connectivity index is 3.11. The predicted molar refractivity (Wildman–Crippen MR) is 85.9 cm³/mol. The smallest absolute Gasteiger partial charge is 0.146 e. The Labute approximate surface area is 123 Å². The standard InChI is InChI=1S/C17H29FN2/c1-6-7-8-12-20(13(2)3)17-15(14(4)19-5)10-9-11-16(17)18/h9-11,13-14,19H,6-8,12H2,1-5H3. The molecule has 0 radical (unpaired) electrons. The summed E-state index contributed by atoms with van der Waals surface area (Å²) in [7, 11) is 1.91. The minimum Gasteiger partial charge on any atom is -0.366 e. The molecule has 0 saturated carbocycles. The van der Waals surface area contributed by atoms with Crippen molar-refractivity contribution < 1.29 is 4.39 Å². The van der Waals surface area contributed by atoms with Crippen molar-refractivity contribution >= 4 is 5.69 Å². The molecule has 1 aromatic rings. The first-order chi connectivity index (χ1) is 9.52. The molecule has 0 spiro atoms. The summed E-state index contributed by atoms with van der Waals surface area (Å²) in [6.45, 7) is 9.44. The highest BCUT2D eigenvalue weighted by molar-refractivity contribution is 5.56. The maximum absolute atomic E-state index is 14.4. The van der Waals surface area contributed by atoms with Crippen LogP contribution in [0.3, 0.4) is 0 Å². The van der Waals surface area contributed by atoms with E-state index in [2.05, 4.69) is 37.9 Å². The number of unbranched alkanes of at least 4 members (excludes halogenated alkanes) is 2. The molecule has 0 saturated heterocycles. The number of benzene rings is 1. The Morgan fingerprint density at radius 1 is 1.20 bits per heavy atom. The van der Waals surface area contributed by atoms with E-state index >= 15 is 0 Å². The Hall–Kier alpha value is -1.09. The Morgan fingerprint density at radius 3 is 2.45 bits per heavy atom. The number of nitrogens with zero attached hydrogens (tertiary/aromatic N) is 1. The van der Waals surface area contributed by atoms with Crippen molar-refractivity contribution in [1.82, 2.24) is 5.32 Å². The quantitative estimate of drug-likeness (QED) is 0.705. The molecule has 20 heavy (non-hydrogen) atoms. The number of para-hydroxylation sites is 1. The lowest BCUT2D eigenvalue weighted by molar-refractivity contribution is 0.568. The molecule has 2 nitrogen and oxygen atoms in total. The van der Waals surface area contributed by atoms with Gasteiger partial charge >= 0.3 is 0 Å². The summed E-state index contributed by atoms with van der Waals surface area (Å²) >= 11 is 0. The van der Waals surface area contributed by atoms with Crippen molar-refractivity contribution in [3.8, 4) is 0 Å². The zero-order chi connectivity index (χ0) is 15.1. The molecule has 1 atom stereocenters. The van der Waals surface area contributed by atoms with Crippen molar-refractivity contribution in [3.63, 3.8) is 0 Å². The summed E-state index contributed by atoms with van der Waals surface area (Å²) in [6, 6.07) is 5.83. The van der Waals surface area contributed by atoms with Gasteiger partial charge in [0.1, 0.15) is 5.82 Å². The fourth-order valence-electron chi connectivity index (χ4n) is 2.50. The summed E-state index contributed by atoms with van der Waals surface area (Å²) in [5.74, 6) is -0.116. The average Bonchev–Trinajstić information content (AvgIpc) is 2.43. The lowest BCUT2D eigenvalue weighted by Crippen LogP contribution is -2.34. The van der Waals surface area contributed by atoms with Crippen molar-refractivity contribution in [2.24, 2.45) is 0 Å². The molecule has 1 unspecified atom stereocenters. The van der Waals surface area contributed by atoms with Gasteiger partial charge in [0.25, 0.3) is 0 Å². The van der Waals surface area contributed by atoms with Gasteiger partial charge in [0, 0.05) is 18.6 Å². The van der Waals surface area contributed by atoms with Crippen LogP contribution < -0.4 is 10.2 Å². The van der Waals surface area contributed by atoms with E-state index in [0.29, 0.717) is 6.04 Å². The Bertz CT molecular complexity index is 404. The third-order valence-electron chi connectivity index (χ3n) is 3.83. The average molecular weight is 280 g/mol. The first-order valence-electron chi connectivity index (χ1n) is 7.75. The molecule has 0 aliphatic rings. The minimum absolute atomic E-state index is 0.116. The Morgan fingerprint density at radius 2 is 1.90 bits per heavy atom. The van der Waals surface area contributed by atoms with Gasteiger partial charge in [0.05, 0.1) is 5.69 Å². The fourth-order valence-corrected chi connectivity index (χ4v) is 2.50. The molecular weight excluding hydrogens is 251 g/mol. The SMILES string of the molecule is CCCCCN(c1c(F)cccc1C(C)NC)C(C)C. The molecule has 1 N–H and O–H groups in total. The van der Waals surface area contributed by atoms with Crippen molar-refractivity contribution in [2.45, 2.75) is 59.0 Å². The third-order valence-corrected chi connectivity index (χ3v) is 3.83. The van der Waals surface area contributed by atoms with Gasteiger partial charge in [-0.15, -0.1) is 0 Å². The fraction of sp³-hybridized carbons (Fsp3) is 0.647. The highest BCUT2D eigenvalue weighted by Crippen LogP contribution is 2.31. The van der Waals surface area contributed by atoms with Crippen LogP contribution >= 0.6 is 0 Å². The number of nitrogens with one attached hydrogen (secondary N) is 1. The summed E-state index contributed by atoms with van der Waals surface area (Å²) in [5, 5.41) is 3.22. The van der Waals surface area contributed by atoms with Crippen LogP contribution in [0, 0.1) is 5.82 Å². The summed E-state index contributed by atoms with van der Waals surface area (Å²) in [5.41, 5.74) is 1.80. The summed E-state index contributed by atoms with van der Waals surface area (Å²) in [4.78, 5) is 2.20. The van der Waals surface area contributed by atoms with Gasteiger partial charge in [0.15, 0.2) is 0 Å². The van der Waals surface area contributed by atoms with Crippen LogP contribution in [0.15, 0.2) is 18.2 Å². The van der Waals surface area contributed by atoms with Gasteiger partial charge in [-0.2, -0.15) is 0 Å². The second kappa shape index (κ2) is 8.25. The van der Waals surface area contributed by atoms with Gasteiger partial charge in [-0.3, -0.25) is 0 Å². The van der Waals surface area contributed by atoms with E-state index in [1.165, 1.54) is 12.8 Å². The predicted octanol–water partition coefficient (Wildman–Crippen LogP) is 4.51. The zero-order valence-electron chi connectivity index (χ0n) is 13.5. The van der Waals surface area contributed by atoms with E-state index in [0.717, 1.165) is 24.2 Å². The molecule has 1 aromatic carbocycles. The highest BCUT2D eigenvalue weighted by Gasteiger charge is 2.20. The van der Waals surface area contributed by atoms with Crippen LogP contribution in [0.2, 0.25) is 0 Å². The van der Waals surface area contributed by atoms with Crippen molar-refractivity contribution in [2.75, 3.05) is 18.5 Å². The van der Waals surface area contributed by atoms with Gasteiger partial charge < -0.3 is 10.2 Å². The first kappa shape index (κ1) is 17.0. The van der Waals surface area contributed by atoms with Gasteiger partial charge in [-0.05, 0) is 45.9 Å². The van der Waals surface area contributed by atoms with E-state index < -0.39 is 0 Å². The van der Waals surface area contributed by atoms with Crippen molar-refractivity contribution in [3.05, 3.63) is 29.6 Å². The normalized spacial score (nSPS) is 12.8. The van der Waals surface area contributed by atoms with Gasteiger partial charge in [-0.25, -0.2) is 4.39 Å². The van der Waals surface area contributed by atoms with E-state index in [4.69, 9.17) is 0 Å². The first-order valence-corrected chi connectivity index (χ1v) is 7.75. The lowest BCUT2D eigenvalue weighted by atomic mass is 10.0. The van der Waals surface area contributed by atoms with Crippen molar-refractivity contribution in [1.29, 1.82) is 0 Å². The summed E-state index contributed by atoms with van der Waals surface area (Å²) in [6.07, 6.45) is 3.48. The largest absolute Gasteiger partial charge is 0.366 e. The second-order valence-electron chi connectivity index (χ2n) is 5.68. The molecule has 0 heterocycles. The Kier molecular flexibility index (Phi) is 7.00. The molecule has 1 rings (SSSR count). The molecule has 0 aliphatic heterocycles. The van der Waals surface area contributed by atoms with Crippen LogP contribution in [0.1, 0.15) is 58.6 Å². The number of hydrogen-bond acceptors (Lipinski definition) is 2. The maximum atomic E-state index is 14.4. The number of anilines is 1. The zero-order valence-corrected chi connectivity index (χ0v) is 13.5. The van der Waals surface area contributed by atoms with Crippen LogP contribution in [0.4, 0.5) is 10.1 Å². The number of halogens is 1. The molecule has 0 fully saturated rings. The molecule has 0 amide bonds. The molecular formula is C17H29FN2. The van der Waals surface area contributed by atoms with Gasteiger partial charge in [0.2, 0.25) is 0 Å². The summed E-state index contributed by atoms with van der Waals surface area (Å²) < 4.78 is 14.4. The molecule has 0 aliphatic carbocycles. The highest BCUT2D eigenvalue weighted by atomic mass is 19.1. The topological polar surface area (TPSA) is 15.3 Å². The van der Waals surface area contributed by atoms with E-state index in [1.807, 2.05) is 13.1 Å². The molecule has 0 bridgehead atoms. The van der Waals surface area contributed by atoms with E-state index in [1.54, 1.807) is 12.1 Å². The van der Waals surface area contributed by atoms with Crippen LogP contribution in [0.5, 0.6) is 0 Å². The molecule has 0 aromatic heterocycles. The third kappa shape index (κ3) is 4.20. The number of rotatable bonds is 8. The second-order valence-corrected chi connectivity index (χ2v) is 5.68. The van der Waals surface area contributed by atoms with Gasteiger partial charge in [-0.1, -0.05) is 31.9 Å². The van der Waals surface area contributed by atoms with E-state index in [9.17, 15) is 4.39 Å². The van der Waals surface area contributed by atoms with Crippen LogP contribution in [-0.4, -0.2) is 19.6 Å². The monoisotopic (exact) mass is 280 g/mol. The van der Waals surface area contributed by atoms with Crippen LogP contribution in [0.25, 0.3) is 0 Å². The molecule has 3 heteroatoms.